The van der Waals surface area contributed by atoms with Crippen LogP contribution in [0.3, 0.4) is 0 Å². The van der Waals surface area contributed by atoms with Crippen LogP contribution in [0.15, 0.2) is 52.5 Å². The summed E-state index contributed by atoms with van der Waals surface area (Å²) in [5.41, 5.74) is 0. The van der Waals surface area contributed by atoms with Crippen LogP contribution in [0, 0.1) is 0 Å². The minimum Gasteiger partial charge on any atom is -0.491 e. The van der Waals surface area contributed by atoms with Gasteiger partial charge in [0.1, 0.15) is 10.6 Å². The van der Waals surface area contributed by atoms with Gasteiger partial charge in [0, 0.05) is 26.0 Å². The molecule has 5 nitrogen and oxygen atoms in total. The lowest BCUT2D eigenvalue weighted by Crippen LogP contribution is -2.22. The van der Waals surface area contributed by atoms with Gasteiger partial charge in [-0.2, -0.15) is 0 Å². The molecule has 0 unspecified atom stereocenters. The third-order valence-corrected chi connectivity index (χ3v) is 5.93. The molecule has 0 bridgehead atoms. The highest BCUT2D eigenvalue weighted by molar-refractivity contribution is 7.99. The van der Waals surface area contributed by atoms with Crippen molar-refractivity contribution in [2.45, 2.75) is 9.92 Å². The molecule has 0 radical (unpaired) electrons. The van der Waals surface area contributed by atoms with Gasteiger partial charge >= 0.3 is 0 Å². The van der Waals surface area contributed by atoms with Gasteiger partial charge in [-0.1, -0.05) is 23.7 Å². The van der Waals surface area contributed by atoms with Gasteiger partial charge in [0.15, 0.2) is 0 Å². The fourth-order valence-electron chi connectivity index (χ4n) is 1.68. The van der Waals surface area contributed by atoms with Crippen LogP contribution in [-0.2, 0) is 10.0 Å². The number of sulfonamides is 1. The van der Waals surface area contributed by atoms with Crippen molar-refractivity contribution in [2.75, 3.05) is 26.5 Å². The summed E-state index contributed by atoms with van der Waals surface area (Å²) in [6.07, 6.45) is 1.37. The number of ether oxygens (including phenoxy) is 1. The molecule has 1 heterocycles. The number of nitrogens with zero attached hydrogens (tertiary/aromatic N) is 2. The van der Waals surface area contributed by atoms with Crippen LogP contribution in [0.25, 0.3) is 0 Å². The standard InChI is InChI=1S/C15H17ClN2O3S2/c1-18(2)23(19,20)12-7-8-15(17-11-12)22-10-9-21-14-6-4-3-5-13(14)16/h3-8,11H,9-10H2,1-2H3. The summed E-state index contributed by atoms with van der Waals surface area (Å²) in [5, 5.41) is 1.32. The summed E-state index contributed by atoms with van der Waals surface area (Å²) in [5.74, 6) is 1.33. The van der Waals surface area contributed by atoms with E-state index in [1.807, 2.05) is 18.2 Å². The van der Waals surface area contributed by atoms with Crippen LogP contribution in [0.2, 0.25) is 5.02 Å². The molecule has 0 saturated carbocycles. The molecule has 0 spiro atoms. The Hall–Kier alpha value is -1.28. The molecule has 0 aliphatic heterocycles. The molecule has 0 saturated heterocycles. The van der Waals surface area contributed by atoms with E-state index in [9.17, 15) is 8.42 Å². The summed E-state index contributed by atoms with van der Waals surface area (Å²) < 4.78 is 30.6. The lowest BCUT2D eigenvalue weighted by molar-refractivity contribution is 0.344. The van der Waals surface area contributed by atoms with Gasteiger partial charge in [-0.25, -0.2) is 17.7 Å². The first-order valence-corrected chi connectivity index (χ1v) is 9.60. The number of benzene rings is 1. The molecule has 2 aromatic rings. The maximum absolute atomic E-state index is 11.9. The van der Waals surface area contributed by atoms with Crippen LogP contribution in [-0.4, -0.2) is 44.2 Å². The van der Waals surface area contributed by atoms with Crippen LogP contribution in [0.5, 0.6) is 5.75 Å². The molecule has 1 aromatic carbocycles. The van der Waals surface area contributed by atoms with Crippen molar-refractivity contribution in [2.24, 2.45) is 0 Å². The van der Waals surface area contributed by atoms with E-state index in [0.717, 1.165) is 9.33 Å². The summed E-state index contributed by atoms with van der Waals surface area (Å²) >= 11 is 7.49. The van der Waals surface area contributed by atoms with Gasteiger partial charge in [0.2, 0.25) is 10.0 Å². The average molecular weight is 373 g/mol. The Kier molecular flexibility index (Phi) is 6.29. The molecule has 124 valence electrons. The first-order chi connectivity index (χ1) is 10.9. The van der Waals surface area contributed by atoms with Gasteiger partial charge in [0.25, 0.3) is 0 Å². The predicted molar refractivity (Wildman–Crippen MR) is 92.8 cm³/mol. The second-order valence-electron chi connectivity index (χ2n) is 4.75. The molecular formula is C15H17ClN2O3S2. The summed E-state index contributed by atoms with van der Waals surface area (Å²) in [6, 6.07) is 10.5. The van der Waals surface area contributed by atoms with Crippen molar-refractivity contribution in [3.05, 3.63) is 47.6 Å². The quantitative estimate of drug-likeness (QED) is 0.552. The first-order valence-electron chi connectivity index (χ1n) is 6.80. The lowest BCUT2D eigenvalue weighted by Gasteiger charge is -2.11. The maximum Gasteiger partial charge on any atom is 0.244 e. The van der Waals surface area contributed by atoms with Gasteiger partial charge in [-0.3, -0.25) is 0 Å². The number of hydrogen-bond donors (Lipinski definition) is 0. The van der Waals surface area contributed by atoms with Crippen molar-refractivity contribution in [1.29, 1.82) is 0 Å². The van der Waals surface area contributed by atoms with Crippen molar-refractivity contribution < 1.29 is 13.2 Å². The second-order valence-corrected chi connectivity index (χ2v) is 8.42. The molecule has 0 atom stereocenters. The van der Waals surface area contributed by atoms with Gasteiger partial charge in [0.05, 0.1) is 16.7 Å². The van der Waals surface area contributed by atoms with Gasteiger partial charge < -0.3 is 4.74 Å². The topological polar surface area (TPSA) is 59.5 Å². The number of halogens is 1. The summed E-state index contributed by atoms with van der Waals surface area (Å²) in [6.45, 7) is 0.480. The van der Waals surface area contributed by atoms with Crippen LogP contribution >= 0.6 is 23.4 Å². The SMILES string of the molecule is CN(C)S(=O)(=O)c1ccc(SCCOc2ccccc2Cl)nc1. The number of aromatic nitrogens is 1. The smallest absolute Gasteiger partial charge is 0.244 e. The zero-order chi connectivity index (χ0) is 16.9. The minimum atomic E-state index is -3.44. The third-order valence-electron chi connectivity index (χ3n) is 2.92. The Morgan fingerprint density at radius 2 is 1.96 bits per heavy atom. The van der Waals surface area contributed by atoms with Crippen molar-refractivity contribution in [3.63, 3.8) is 0 Å². The van der Waals surface area contributed by atoms with E-state index in [1.54, 1.807) is 18.2 Å². The summed E-state index contributed by atoms with van der Waals surface area (Å²) in [4.78, 5) is 4.34. The van der Waals surface area contributed by atoms with Crippen LogP contribution in [0.4, 0.5) is 0 Å². The molecule has 0 amide bonds. The molecule has 23 heavy (non-hydrogen) atoms. The number of para-hydroxylation sites is 1. The third kappa shape index (κ3) is 4.84. The molecule has 1 aromatic heterocycles. The minimum absolute atomic E-state index is 0.180. The zero-order valence-corrected chi connectivity index (χ0v) is 15.2. The Bertz CT molecular complexity index is 750. The first kappa shape index (κ1) is 18.1. The van der Waals surface area contributed by atoms with E-state index in [2.05, 4.69) is 4.98 Å². The van der Waals surface area contributed by atoms with E-state index in [0.29, 0.717) is 23.1 Å². The van der Waals surface area contributed by atoms with Gasteiger partial charge in [-0.05, 0) is 24.3 Å². The van der Waals surface area contributed by atoms with E-state index >= 15 is 0 Å². The normalized spacial score (nSPS) is 11.7. The highest BCUT2D eigenvalue weighted by Crippen LogP contribution is 2.24. The van der Waals surface area contributed by atoms with Gasteiger partial charge in [-0.15, -0.1) is 11.8 Å². The zero-order valence-electron chi connectivity index (χ0n) is 12.8. The Morgan fingerprint density at radius 3 is 2.57 bits per heavy atom. The molecule has 8 heteroatoms. The molecule has 0 fully saturated rings. The monoisotopic (exact) mass is 372 g/mol. The number of pyridine rings is 1. The Balaban J connectivity index is 1.86. The number of hydrogen-bond acceptors (Lipinski definition) is 5. The molecule has 2 rings (SSSR count). The average Bonchev–Trinajstić information content (AvgIpc) is 2.53. The van der Waals surface area contributed by atoms with Crippen LogP contribution in [0.1, 0.15) is 0 Å². The number of thioether (sulfide) groups is 1. The molecule has 0 aliphatic carbocycles. The van der Waals surface area contributed by atoms with Crippen molar-refractivity contribution in [1.82, 2.24) is 9.29 Å². The fraction of sp³-hybridized carbons (Fsp3) is 0.267. The highest BCUT2D eigenvalue weighted by atomic mass is 35.5. The maximum atomic E-state index is 11.9. The highest BCUT2D eigenvalue weighted by Gasteiger charge is 2.17. The largest absolute Gasteiger partial charge is 0.491 e. The molecular weight excluding hydrogens is 356 g/mol. The van der Waals surface area contributed by atoms with Crippen molar-refractivity contribution >= 4 is 33.4 Å². The molecule has 0 aliphatic rings. The Morgan fingerprint density at radius 1 is 1.22 bits per heavy atom. The molecule has 0 N–H and O–H groups in total. The summed E-state index contributed by atoms with van der Waals surface area (Å²) in [7, 11) is -0.457. The van der Waals surface area contributed by atoms with E-state index in [-0.39, 0.29) is 4.90 Å². The lowest BCUT2D eigenvalue weighted by atomic mass is 10.3. The van der Waals surface area contributed by atoms with Crippen LogP contribution < -0.4 is 4.74 Å². The van der Waals surface area contributed by atoms with E-state index in [4.69, 9.17) is 16.3 Å². The van der Waals surface area contributed by atoms with E-state index in [1.165, 1.54) is 32.1 Å². The second kappa shape index (κ2) is 8.01. The Labute approximate surface area is 145 Å². The fourth-order valence-corrected chi connectivity index (χ4v) is 3.38. The predicted octanol–water partition coefficient (Wildman–Crippen LogP) is 3.16. The number of rotatable bonds is 7. The van der Waals surface area contributed by atoms with Crippen molar-refractivity contribution in [3.8, 4) is 5.75 Å². The van der Waals surface area contributed by atoms with E-state index < -0.39 is 10.0 Å².